The first-order valence-corrected chi connectivity index (χ1v) is 3.95. The molecule has 1 aromatic carbocycles. The maximum atomic E-state index is 10.5. The van der Waals surface area contributed by atoms with Gasteiger partial charge in [0.25, 0.3) is 0 Å². The summed E-state index contributed by atoms with van der Waals surface area (Å²) in [5.41, 5.74) is 11.9. The third-order valence-electron chi connectivity index (χ3n) is 1.62. The molecule has 14 heavy (non-hydrogen) atoms. The topological polar surface area (TPSA) is 105 Å². The number of nitriles is 1. The first-order chi connectivity index (χ1) is 6.63. The van der Waals surface area contributed by atoms with Gasteiger partial charge in [0.2, 0.25) is 5.91 Å². The van der Waals surface area contributed by atoms with Crippen molar-refractivity contribution in [2.75, 3.05) is 17.6 Å². The third-order valence-corrected chi connectivity index (χ3v) is 1.62. The Balaban J connectivity index is 2.87. The molecule has 0 aromatic heterocycles. The molecule has 0 bridgehead atoms. The highest BCUT2D eigenvalue weighted by Crippen LogP contribution is 2.17. The molecule has 0 saturated heterocycles. The molecular formula is C9H10N4O. The summed E-state index contributed by atoms with van der Waals surface area (Å²) >= 11 is 0. The molecule has 0 atom stereocenters. The average molecular weight is 190 g/mol. The molecule has 0 aliphatic rings. The van der Waals surface area contributed by atoms with Gasteiger partial charge in [-0.05, 0) is 18.2 Å². The van der Waals surface area contributed by atoms with Crippen molar-refractivity contribution >= 4 is 17.3 Å². The number of rotatable bonds is 3. The summed E-state index contributed by atoms with van der Waals surface area (Å²) in [6, 6.07) is 6.78. The molecular weight excluding hydrogens is 180 g/mol. The van der Waals surface area contributed by atoms with E-state index in [0.717, 1.165) is 0 Å². The van der Waals surface area contributed by atoms with Gasteiger partial charge in [-0.1, -0.05) is 0 Å². The number of hydrogen-bond acceptors (Lipinski definition) is 4. The lowest BCUT2D eigenvalue weighted by atomic mass is 10.1. The van der Waals surface area contributed by atoms with Crippen molar-refractivity contribution in [2.45, 2.75) is 0 Å². The molecule has 0 radical (unpaired) electrons. The number of hydrogen-bond donors (Lipinski definition) is 3. The standard InChI is InChI=1S/C9H10N4O/c10-4-6-3-7(11)1-2-8(6)13-5-9(12)14/h1-3,13H,5,11H2,(H2,12,14). The normalized spacial score (nSPS) is 9.07. The number of benzene rings is 1. The number of nitrogens with one attached hydrogen (secondary N) is 1. The molecule has 5 heteroatoms. The van der Waals surface area contributed by atoms with E-state index in [0.29, 0.717) is 16.9 Å². The molecule has 0 fully saturated rings. The van der Waals surface area contributed by atoms with Crippen molar-refractivity contribution in [1.82, 2.24) is 0 Å². The summed E-state index contributed by atoms with van der Waals surface area (Å²) in [5.74, 6) is -0.481. The van der Waals surface area contributed by atoms with E-state index in [1.165, 1.54) is 6.07 Å². The molecule has 0 saturated carbocycles. The number of amides is 1. The molecule has 1 amide bonds. The zero-order valence-electron chi connectivity index (χ0n) is 7.45. The second kappa shape index (κ2) is 4.14. The van der Waals surface area contributed by atoms with E-state index in [9.17, 15) is 4.79 Å². The Bertz CT molecular complexity index is 394. The number of anilines is 2. The van der Waals surface area contributed by atoms with Gasteiger partial charge in [0.05, 0.1) is 17.8 Å². The molecule has 0 aliphatic carbocycles. The van der Waals surface area contributed by atoms with Crippen LogP contribution in [0, 0.1) is 11.3 Å². The number of primary amides is 1. The van der Waals surface area contributed by atoms with Crippen LogP contribution in [0.15, 0.2) is 18.2 Å². The summed E-state index contributed by atoms with van der Waals surface area (Å²) in [5, 5.41) is 11.5. The minimum Gasteiger partial charge on any atom is -0.399 e. The van der Waals surface area contributed by atoms with E-state index >= 15 is 0 Å². The highest BCUT2D eigenvalue weighted by atomic mass is 16.1. The lowest BCUT2D eigenvalue weighted by Gasteiger charge is -2.06. The summed E-state index contributed by atoms with van der Waals surface area (Å²) in [6.07, 6.45) is 0. The van der Waals surface area contributed by atoms with Gasteiger partial charge in [0, 0.05) is 5.69 Å². The molecule has 0 aliphatic heterocycles. The van der Waals surface area contributed by atoms with Crippen LogP contribution in [0.25, 0.3) is 0 Å². The van der Waals surface area contributed by atoms with E-state index in [-0.39, 0.29) is 6.54 Å². The van der Waals surface area contributed by atoms with Crippen molar-refractivity contribution < 1.29 is 4.79 Å². The Labute approximate surface area is 81.3 Å². The fourth-order valence-corrected chi connectivity index (χ4v) is 0.991. The van der Waals surface area contributed by atoms with Gasteiger partial charge in [-0.25, -0.2) is 0 Å². The van der Waals surface area contributed by atoms with Crippen molar-refractivity contribution in [3.63, 3.8) is 0 Å². The first kappa shape index (κ1) is 9.86. The van der Waals surface area contributed by atoms with Crippen LogP contribution in [0.5, 0.6) is 0 Å². The highest BCUT2D eigenvalue weighted by Gasteiger charge is 2.02. The van der Waals surface area contributed by atoms with Crippen LogP contribution in [0.2, 0.25) is 0 Å². The third kappa shape index (κ3) is 2.38. The lowest BCUT2D eigenvalue weighted by molar-refractivity contribution is -0.116. The maximum absolute atomic E-state index is 10.5. The largest absolute Gasteiger partial charge is 0.399 e. The van der Waals surface area contributed by atoms with Gasteiger partial charge in [0.1, 0.15) is 6.07 Å². The zero-order chi connectivity index (χ0) is 10.6. The van der Waals surface area contributed by atoms with E-state index in [2.05, 4.69) is 5.32 Å². The molecule has 0 unspecified atom stereocenters. The van der Waals surface area contributed by atoms with Crippen LogP contribution in [-0.4, -0.2) is 12.5 Å². The average Bonchev–Trinajstić information content (AvgIpc) is 2.15. The first-order valence-electron chi connectivity index (χ1n) is 3.95. The highest BCUT2D eigenvalue weighted by molar-refractivity contribution is 5.79. The fraction of sp³-hybridized carbons (Fsp3) is 0.111. The van der Waals surface area contributed by atoms with E-state index in [1.54, 1.807) is 12.1 Å². The SMILES string of the molecule is N#Cc1cc(N)ccc1NCC(N)=O. The predicted octanol–water partition coefficient (Wildman–Crippen LogP) is 0.0377. The summed E-state index contributed by atoms with van der Waals surface area (Å²) in [6.45, 7) is -0.00139. The van der Waals surface area contributed by atoms with Crippen LogP contribution >= 0.6 is 0 Å². The van der Waals surface area contributed by atoms with E-state index in [1.807, 2.05) is 6.07 Å². The van der Waals surface area contributed by atoms with E-state index in [4.69, 9.17) is 16.7 Å². The van der Waals surface area contributed by atoms with Crippen LogP contribution < -0.4 is 16.8 Å². The monoisotopic (exact) mass is 190 g/mol. The summed E-state index contributed by atoms with van der Waals surface area (Å²) in [7, 11) is 0. The van der Waals surface area contributed by atoms with Gasteiger partial charge in [-0.3, -0.25) is 4.79 Å². The molecule has 0 spiro atoms. The Kier molecular flexibility index (Phi) is 2.92. The van der Waals surface area contributed by atoms with Gasteiger partial charge in [-0.15, -0.1) is 0 Å². The Morgan fingerprint density at radius 2 is 2.29 bits per heavy atom. The van der Waals surface area contributed by atoms with Gasteiger partial charge >= 0.3 is 0 Å². The van der Waals surface area contributed by atoms with Gasteiger partial charge in [-0.2, -0.15) is 5.26 Å². The van der Waals surface area contributed by atoms with Crippen LogP contribution in [0.3, 0.4) is 0 Å². The molecule has 5 nitrogen and oxygen atoms in total. The van der Waals surface area contributed by atoms with Crippen molar-refractivity contribution in [1.29, 1.82) is 5.26 Å². The van der Waals surface area contributed by atoms with Crippen molar-refractivity contribution in [3.8, 4) is 6.07 Å². The van der Waals surface area contributed by atoms with Crippen molar-refractivity contribution in [2.24, 2.45) is 5.73 Å². The Hall–Kier alpha value is -2.22. The second-order valence-electron chi connectivity index (χ2n) is 2.74. The fourth-order valence-electron chi connectivity index (χ4n) is 0.991. The molecule has 1 rings (SSSR count). The number of carbonyl (C=O) groups excluding carboxylic acids is 1. The Morgan fingerprint density at radius 1 is 1.57 bits per heavy atom. The predicted molar refractivity (Wildman–Crippen MR) is 53.3 cm³/mol. The molecule has 5 N–H and O–H groups in total. The second-order valence-corrected chi connectivity index (χ2v) is 2.74. The van der Waals surface area contributed by atoms with Crippen molar-refractivity contribution in [3.05, 3.63) is 23.8 Å². The summed E-state index contributed by atoms with van der Waals surface area (Å²) < 4.78 is 0. The van der Waals surface area contributed by atoms with Gasteiger partial charge in [0.15, 0.2) is 0 Å². The minimum absolute atomic E-state index is 0.00139. The van der Waals surface area contributed by atoms with Gasteiger partial charge < -0.3 is 16.8 Å². The zero-order valence-corrected chi connectivity index (χ0v) is 7.45. The molecule has 1 aromatic rings. The number of nitrogens with two attached hydrogens (primary N) is 2. The molecule has 0 heterocycles. The smallest absolute Gasteiger partial charge is 0.236 e. The van der Waals surface area contributed by atoms with E-state index < -0.39 is 5.91 Å². The number of nitrogen functional groups attached to an aromatic ring is 1. The molecule has 72 valence electrons. The summed E-state index contributed by atoms with van der Waals surface area (Å²) in [4.78, 5) is 10.5. The number of carbonyl (C=O) groups is 1. The Morgan fingerprint density at radius 3 is 2.86 bits per heavy atom. The van der Waals surface area contributed by atoms with Crippen LogP contribution in [-0.2, 0) is 4.79 Å². The maximum Gasteiger partial charge on any atom is 0.236 e. The lowest BCUT2D eigenvalue weighted by Crippen LogP contribution is -2.22. The minimum atomic E-state index is -0.481. The number of nitrogens with zero attached hydrogens (tertiary/aromatic N) is 1. The van der Waals surface area contributed by atoms with Crippen LogP contribution in [0.1, 0.15) is 5.56 Å². The quantitative estimate of drug-likeness (QED) is 0.585. The van der Waals surface area contributed by atoms with Crippen LogP contribution in [0.4, 0.5) is 11.4 Å².